The number of hydrogen-bond donors (Lipinski definition) is 3. The van der Waals surface area contributed by atoms with Gasteiger partial charge in [0, 0.05) is 13.1 Å². The molecular formula is C28H41N3O5. The fourth-order valence-electron chi connectivity index (χ4n) is 6.74. The van der Waals surface area contributed by atoms with Gasteiger partial charge in [0.25, 0.3) is 0 Å². The first-order valence-electron chi connectivity index (χ1n) is 13.6. The molecule has 1 spiro atoms. The lowest BCUT2D eigenvalue weighted by Crippen LogP contribution is -2.58. The summed E-state index contributed by atoms with van der Waals surface area (Å²) in [4.78, 5) is 42.9. The van der Waals surface area contributed by atoms with E-state index in [0.29, 0.717) is 38.8 Å². The third-order valence-corrected chi connectivity index (χ3v) is 8.61. The number of unbranched alkanes of at least 4 members (excludes halogenated alkanes) is 2. The maximum atomic E-state index is 14.0. The van der Waals surface area contributed by atoms with Gasteiger partial charge in [-0.2, -0.15) is 0 Å². The molecule has 36 heavy (non-hydrogen) atoms. The molecule has 4 rings (SSSR count). The summed E-state index contributed by atoms with van der Waals surface area (Å²) in [5, 5.41) is 16.2. The van der Waals surface area contributed by atoms with Crippen molar-refractivity contribution >= 4 is 17.7 Å². The van der Waals surface area contributed by atoms with Crippen molar-refractivity contribution in [1.82, 2.24) is 15.5 Å². The van der Waals surface area contributed by atoms with E-state index in [-0.39, 0.29) is 24.3 Å². The Labute approximate surface area is 214 Å². The largest absolute Gasteiger partial charge is 0.394 e. The van der Waals surface area contributed by atoms with Gasteiger partial charge in [0.2, 0.25) is 17.7 Å². The van der Waals surface area contributed by atoms with E-state index in [1.807, 2.05) is 44.2 Å². The second-order valence-corrected chi connectivity index (χ2v) is 10.5. The number of carbonyl (C=O) groups excluding carboxylic acids is 3. The Bertz CT molecular complexity index is 952. The molecule has 0 aliphatic carbocycles. The number of hydrogen-bond acceptors (Lipinski definition) is 5. The normalized spacial score (nSPS) is 31.4. The number of nitrogens with one attached hydrogen (secondary N) is 2. The van der Waals surface area contributed by atoms with Gasteiger partial charge in [0.1, 0.15) is 11.6 Å². The first-order chi connectivity index (χ1) is 17.4. The first-order valence-corrected chi connectivity index (χ1v) is 13.6. The van der Waals surface area contributed by atoms with E-state index < -0.39 is 35.1 Å². The van der Waals surface area contributed by atoms with Crippen molar-refractivity contribution in [2.45, 2.75) is 95.5 Å². The summed E-state index contributed by atoms with van der Waals surface area (Å²) >= 11 is 0. The maximum Gasteiger partial charge on any atom is 0.245 e. The molecule has 0 saturated carbocycles. The Morgan fingerprint density at radius 2 is 1.86 bits per heavy atom. The van der Waals surface area contributed by atoms with Crippen LogP contribution in [0.25, 0.3) is 0 Å². The standard InChI is InChI=1S/C28H41N3O5/c1-4-7-11-16-29-25(34)23-28-15-14-27(6-3,36-28)21(22(28)26(35)31(23)20(5-2)18-32)24(33)30-17-19-12-9-8-10-13-19/h8-10,12-13,20-23,32H,4-7,11,14-18H2,1-3H3,(H,29,34)(H,30,33)/t20-,21+,22-,23?,27-,28?/m0/s1. The molecule has 3 aliphatic heterocycles. The summed E-state index contributed by atoms with van der Waals surface area (Å²) in [6.07, 6.45) is 5.18. The molecule has 3 amide bonds. The lowest BCUT2D eigenvalue weighted by atomic mass is 9.65. The van der Waals surface area contributed by atoms with Gasteiger partial charge in [0.15, 0.2) is 0 Å². The molecule has 8 heteroatoms. The van der Waals surface area contributed by atoms with Gasteiger partial charge in [-0.3, -0.25) is 14.4 Å². The van der Waals surface area contributed by atoms with E-state index in [2.05, 4.69) is 17.6 Å². The minimum absolute atomic E-state index is 0.207. The Morgan fingerprint density at radius 1 is 1.11 bits per heavy atom. The smallest absolute Gasteiger partial charge is 0.245 e. The van der Waals surface area contributed by atoms with E-state index >= 15 is 0 Å². The number of likely N-dealkylation sites (tertiary alicyclic amines) is 1. The van der Waals surface area contributed by atoms with Gasteiger partial charge in [0.05, 0.1) is 30.1 Å². The number of aliphatic hydroxyl groups is 1. The SMILES string of the molecule is CCCCCNC(=O)C1N([C@@H](CC)CO)C(=O)[C@@H]2[C@H](C(=O)NCc3ccccc3)[C@]3(CC)CCC12O3. The zero-order valence-corrected chi connectivity index (χ0v) is 21.8. The zero-order valence-electron chi connectivity index (χ0n) is 21.8. The topological polar surface area (TPSA) is 108 Å². The van der Waals surface area contributed by atoms with E-state index in [0.717, 1.165) is 24.8 Å². The first kappa shape index (κ1) is 26.6. The molecule has 0 radical (unpaired) electrons. The van der Waals surface area contributed by atoms with Gasteiger partial charge in [-0.15, -0.1) is 0 Å². The highest BCUT2D eigenvalue weighted by Gasteiger charge is 2.79. The third kappa shape index (κ3) is 4.32. The van der Waals surface area contributed by atoms with Crippen LogP contribution in [0.15, 0.2) is 30.3 Å². The number of nitrogens with zero attached hydrogens (tertiary/aromatic N) is 1. The van der Waals surface area contributed by atoms with Crippen LogP contribution in [0.1, 0.15) is 71.3 Å². The Balaban J connectivity index is 1.66. The molecule has 1 aromatic carbocycles. The van der Waals surface area contributed by atoms with Crippen molar-refractivity contribution < 1.29 is 24.2 Å². The lowest BCUT2D eigenvalue weighted by molar-refractivity contribution is -0.151. The van der Waals surface area contributed by atoms with Crippen LogP contribution in [-0.2, 0) is 25.7 Å². The molecule has 3 aliphatic rings. The average Bonchev–Trinajstić information content (AvgIpc) is 3.50. The maximum absolute atomic E-state index is 14.0. The lowest BCUT2D eigenvalue weighted by Gasteiger charge is -2.37. The van der Waals surface area contributed by atoms with Crippen LogP contribution in [-0.4, -0.2) is 64.2 Å². The molecule has 3 heterocycles. The van der Waals surface area contributed by atoms with Gasteiger partial charge in [-0.25, -0.2) is 0 Å². The van der Waals surface area contributed by atoms with Crippen molar-refractivity contribution in [2.24, 2.45) is 11.8 Å². The van der Waals surface area contributed by atoms with Gasteiger partial charge in [-0.1, -0.05) is 63.9 Å². The highest BCUT2D eigenvalue weighted by atomic mass is 16.5. The second kappa shape index (κ2) is 10.9. The predicted octanol–water partition coefficient (Wildman–Crippen LogP) is 2.53. The van der Waals surface area contributed by atoms with Gasteiger partial charge < -0.3 is 25.4 Å². The summed E-state index contributed by atoms with van der Waals surface area (Å²) in [5.74, 6) is -2.12. The van der Waals surface area contributed by atoms with Gasteiger partial charge in [-0.05, 0) is 37.7 Å². The molecule has 3 fully saturated rings. The number of benzene rings is 1. The molecule has 2 unspecified atom stereocenters. The Hall–Kier alpha value is -2.45. The van der Waals surface area contributed by atoms with Crippen LogP contribution in [0.4, 0.5) is 0 Å². The zero-order chi connectivity index (χ0) is 25.9. The van der Waals surface area contributed by atoms with E-state index in [9.17, 15) is 19.5 Å². The number of fused-ring (bicyclic) bond motifs is 1. The van der Waals surface area contributed by atoms with Crippen LogP contribution < -0.4 is 10.6 Å². The highest BCUT2D eigenvalue weighted by molar-refractivity contribution is 5.99. The Kier molecular flexibility index (Phi) is 8.05. The molecule has 6 atom stereocenters. The minimum Gasteiger partial charge on any atom is -0.394 e. The van der Waals surface area contributed by atoms with E-state index in [4.69, 9.17) is 4.74 Å². The molecule has 1 aromatic rings. The molecule has 3 saturated heterocycles. The molecule has 0 aromatic heterocycles. The van der Waals surface area contributed by atoms with Crippen molar-refractivity contribution in [2.75, 3.05) is 13.2 Å². The summed E-state index contributed by atoms with van der Waals surface area (Å²) in [7, 11) is 0. The quantitative estimate of drug-likeness (QED) is 0.383. The van der Waals surface area contributed by atoms with E-state index in [1.165, 1.54) is 0 Å². The monoisotopic (exact) mass is 499 g/mol. The third-order valence-electron chi connectivity index (χ3n) is 8.61. The molecule has 198 valence electrons. The van der Waals surface area contributed by atoms with Crippen molar-refractivity contribution in [3.8, 4) is 0 Å². The summed E-state index contributed by atoms with van der Waals surface area (Å²) < 4.78 is 6.74. The van der Waals surface area contributed by atoms with Crippen molar-refractivity contribution in [3.63, 3.8) is 0 Å². The minimum atomic E-state index is -1.06. The number of amides is 3. The van der Waals surface area contributed by atoms with Crippen molar-refractivity contribution in [1.29, 1.82) is 0 Å². The number of aliphatic hydroxyl groups excluding tert-OH is 1. The van der Waals surface area contributed by atoms with Crippen LogP contribution in [0.5, 0.6) is 0 Å². The molecule has 8 nitrogen and oxygen atoms in total. The summed E-state index contributed by atoms with van der Waals surface area (Å²) in [6, 6.07) is 8.31. The number of ether oxygens (including phenoxy) is 1. The molecule has 2 bridgehead atoms. The van der Waals surface area contributed by atoms with Crippen LogP contribution in [0.3, 0.4) is 0 Å². The Morgan fingerprint density at radius 3 is 2.50 bits per heavy atom. The number of carbonyl (C=O) groups is 3. The van der Waals surface area contributed by atoms with Crippen LogP contribution >= 0.6 is 0 Å². The van der Waals surface area contributed by atoms with E-state index in [1.54, 1.807) is 4.90 Å². The van der Waals surface area contributed by atoms with Crippen LogP contribution in [0, 0.1) is 11.8 Å². The fraction of sp³-hybridized carbons (Fsp3) is 0.679. The van der Waals surface area contributed by atoms with Crippen molar-refractivity contribution in [3.05, 3.63) is 35.9 Å². The molecule has 3 N–H and O–H groups in total. The summed E-state index contributed by atoms with van der Waals surface area (Å²) in [6.45, 7) is 6.64. The second-order valence-electron chi connectivity index (χ2n) is 10.5. The van der Waals surface area contributed by atoms with Gasteiger partial charge >= 0.3 is 0 Å². The molecular weight excluding hydrogens is 458 g/mol. The highest BCUT2D eigenvalue weighted by Crippen LogP contribution is 2.64. The fourth-order valence-corrected chi connectivity index (χ4v) is 6.74. The summed E-state index contributed by atoms with van der Waals surface area (Å²) in [5.41, 5.74) is -0.848. The van der Waals surface area contributed by atoms with Crippen LogP contribution in [0.2, 0.25) is 0 Å². The average molecular weight is 500 g/mol. The number of rotatable bonds is 12. The predicted molar refractivity (Wildman–Crippen MR) is 136 cm³/mol.